The number of anilines is 1. The smallest absolute Gasteiger partial charge is 0.0948 e. The van der Waals surface area contributed by atoms with Crippen molar-refractivity contribution in [2.24, 2.45) is 0 Å². The van der Waals surface area contributed by atoms with Gasteiger partial charge in [-0.25, -0.2) is 4.98 Å². The fraction of sp³-hybridized carbons (Fsp3) is 0.333. The molecule has 0 aliphatic carbocycles. The third-order valence-electron chi connectivity index (χ3n) is 2.40. The van der Waals surface area contributed by atoms with Crippen LogP contribution in [0.1, 0.15) is 19.0 Å². The van der Waals surface area contributed by atoms with Crippen LogP contribution >= 0.6 is 0 Å². The molecule has 2 aromatic heterocycles. The first-order chi connectivity index (χ1) is 7.90. The monoisotopic (exact) mass is 216 g/mol. The first-order valence-corrected chi connectivity index (χ1v) is 5.53. The Hall–Kier alpha value is -1.84. The number of hydrogen-bond acceptors (Lipinski definition) is 3. The van der Waals surface area contributed by atoms with Gasteiger partial charge in [0.15, 0.2) is 0 Å². The maximum Gasteiger partial charge on any atom is 0.0948 e. The maximum absolute atomic E-state index is 4.16. The number of pyridine rings is 1. The number of imidazole rings is 1. The summed E-state index contributed by atoms with van der Waals surface area (Å²) in [6, 6.07) is 3.93. The summed E-state index contributed by atoms with van der Waals surface area (Å²) >= 11 is 0. The van der Waals surface area contributed by atoms with Crippen molar-refractivity contribution in [2.75, 3.05) is 5.32 Å². The molecule has 4 nitrogen and oxygen atoms in total. The molecule has 2 heterocycles. The molecule has 1 N–H and O–H groups in total. The van der Waals surface area contributed by atoms with E-state index in [2.05, 4.69) is 26.8 Å². The van der Waals surface area contributed by atoms with E-state index in [0.29, 0.717) is 0 Å². The third-order valence-corrected chi connectivity index (χ3v) is 2.40. The van der Waals surface area contributed by atoms with Crippen LogP contribution in [0.3, 0.4) is 0 Å². The second kappa shape index (κ2) is 5.30. The summed E-state index contributed by atoms with van der Waals surface area (Å²) in [4.78, 5) is 8.22. The molecule has 4 heteroatoms. The molecule has 0 saturated heterocycles. The summed E-state index contributed by atoms with van der Waals surface area (Å²) < 4.78 is 2.17. The Labute approximate surface area is 95.4 Å². The van der Waals surface area contributed by atoms with Crippen LogP contribution in [-0.2, 0) is 13.1 Å². The van der Waals surface area contributed by atoms with Crippen molar-refractivity contribution < 1.29 is 0 Å². The van der Waals surface area contributed by atoms with Gasteiger partial charge in [0.05, 0.1) is 24.3 Å². The van der Waals surface area contributed by atoms with Gasteiger partial charge in [-0.05, 0) is 18.6 Å². The van der Waals surface area contributed by atoms with Gasteiger partial charge in [0.2, 0.25) is 0 Å². The minimum absolute atomic E-state index is 0.783. The Kier molecular flexibility index (Phi) is 3.53. The molecule has 0 amide bonds. The van der Waals surface area contributed by atoms with E-state index in [1.165, 1.54) is 5.69 Å². The van der Waals surface area contributed by atoms with Crippen LogP contribution in [0.4, 0.5) is 5.69 Å². The van der Waals surface area contributed by atoms with Crippen molar-refractivity contribution >= 4 is 5.69 Å². The summed E-state index contributed by atoms with van der Waals surface area (Å²) in [5.41, 5.74) is 2.23. The maximum atomic E-state index is 4.16. The molecule has 0 spiro atoms. The van der Waals surface area contributed by atoms with Crippen molar-refractivity contribution in [3.63, 3.8) is 0 Å². The van der Waals surface area contributed by atoms with Gasteiger partial charge in [-0.15, -0.1) is 0 Å². The highest BCUT2D eigenvalue weighted by atomic mass is 15.1. The van der Waals surface area contributed by atoms with Gasteiger partial charge in [-0.3, -0.25) is 4.98 Å². The quantitative estimate of drug-likeness (QED) is 0.834. The number of hydrogen-bond donors (Lipinski definition) is 1. The Morgan fingerprint density at radius 2 is 2.25 bits per heavy atom. The van der Waals surface area contributed by atoms with Crippen molar-refractivity contribution in [1.82, 2.24) is 14.5 Å². The van der Waals surface area contributed by atoms with Gasteiger partial charge < -0.3 is 9.88 Å². The lowest BCUT2D eigenvalue weighted by Gasteiger charge is -2.08. The lowest BCUT2D eigenvalue weighted by atomic mass is 10.3. The molecule has 0 radical (unpaired) electrons. The third kappa shape index (κ3) is 2.59. The Morgan fingerprint density at radius 1 is 1.31 bits per heavy atom. The molecule has 0 aliphatic heterocycles. The average Bonchev–Trinajstić information content (AvgIpc) is 2.76. The molecule has 0 bridgehead atoms. The lowest BCUT2D eigenvalue weighted by Crippen LogP contribution is -2.06. The molecule has 0 aromatic carbocycles. The highest BCUT2D eigenvalue weighted by Gasteiger charge is 2.00. The van der Waals surface area contributed by atoms with E-state index in [9.17, 15) is 0 Å². The zero-order valence-electron chi connectivity index (χ0n) is 9.43. The van der Waals surface area contributed by atoms with Gasteiger partial charge in [0.25, 0.3) is 0 Å². The van der Waals surface area contributed by atoms with Crippen LogP contribution < -0.4 is 5.32 Å². The molecule has 0 unspecified atom stereocenters. The molecule has 0 atom stereocenters. The van der Waals surface area contributed by atoms with E-state index in [-0.39, 0.29) is 0 Å². The van der Waals surface area contributed by atoms with Crippen LogP contribution in [0.25, 0.3) is 0 Å². The first kappa shape index (κ1) is 10.7. The summed E-state index contributed by atoms with van der Waals surface area (Å²) in [6.45, 7) is 3.97. The molecule has 0 saturated carbocycles. The number of rotatable bonds is 5. The van der Waals surface area contributed by atoms with Crippen molar-refractivity contribution in [2.45, 2.75) is 26.4 Å². The van der Waals surface area contributed by atoms with E-state index in [1.807, 2.05) is 30.9 Å². The molecule has 2 aromatic rings. The molecule has 0 fully saturated rings. The zero-order valence-corrected chi connectivity index (χ0v) is 9.43. The topological polar surface area (TPSA) is 42.7 Å². The Morgan fingerprint density at radius 3 is 3.00 bits per heavy atom. The fourth-order valence-corrected chi connectivity index (χ4v) is 1.60. The molecule has 16 heavy (non-hydrogen) atoms. The predicted molar refractivity (Wildman–Crippen MR) is 64.1 cm³/mol. The largest absolute Gasteiger partial charge is 0.378 e. The van der Waals surface area contributed by atoms with Gasteiger partial charge in [0.1, 0.15) is 0 Å². The Balaban J connectivity index is 1.97. The van der Waals surface area contributed by atoms with Gasteiger partial charge in [-0.1, -0.05) is 6.92 Å². The molecule has 2 rings (SSSR count). The highest BCUT2D eigenvalue weighted by Crippen LogP contribution is 2.07. The summed E-state index contributed by atoms with van der Waals surface area (Å²) in [7, 11) is 0. The van der Waals surface area contributed by atoms with Crippen molar-refractivity contribution in [3.8, 4) is 0 Å². The van der Waals surface area contributed by atoms with E-state index in [4.69, 9.17) is 0 Å². The van der Waals surface area contributed by atoms with E-state index in [0.717, 1.165) is 25.2 Å². The molecular weight excluding hydrogens is 200 g/mol. The van der Waals surface area contributed by atoms with Crippen LogP contribution in [0, 0.1) is 0 Å². The van der Waals surface area contributed by atoms with Crippen molar-refractivity contribution in [3.05, 3.63) is 42.7 Å². The summed E-state index contributed by atoms with van der Waals surface area (Å²) in [5.74, 6) is 0. The lowest BCUT2D eigenvalue weighted by molar-refractivity contribution is 0.651. The van der Waals surface area contributed by atoms with Crippen LogP contribution in [0.5, 0.6) is 0 Å². The van der Waals surface area contributed by atoms with Crippen LogP contribution in [0.2, 0.25) is 0 Å². The zero-order chi connectivity index (χ0) is 11.2. The highest BCUT2D eigenvalue weighted by molar-refractivity contribution is 5.39. The summed E-state index contributed by atoms with van der Waals surface area (Å²) in [6.07, 6.45) is 8.49. The molecule has 0 aliphatic rings. The van der Waals surface area contributed by atoms with E-state index >= 15 is 0 Å². The van der Waals surface area contributed by atoms with Crippen molar-refractivity contribution in [1.29, 1.82) is 0 Å². The summed E-state index contributed by atoms with van der Waals surface area (Å²) in [5, 5.41) is 3.32. The van der Waals surface area contributed by atoms with E-state index in [1.54, 1.807) is 6.20 Å². The fourth-order valence-electron chi connectivity index (χ4n) is 1.60. The van der Waals surface area contributed by atoms with Gasteiger partial charge >= 0.3 is 0 Å². The minimum atomic E-state index is 0.783. The second-order valence-electron chi connectivity index (χ2n) is 3.67. The van der Waals surface area contributed by atoms with Crippen LogP contribution in [0.15, 0.2) is 37.1 Å². The van der Waals surface area contributed by atoms with E-state index < -0.39 is 0 Å². The number of nitrogens with zero attached hydrogens (tertiary/aromatic N) is 3. The normalized spacial score (nSPS) is 10.3. The number of aryl methyl sites for hydroxylation is 1. The standard InChI is InChI=1S/C12H16N4/c1-2-6-16-10-14-8-12(16)9-15-11-4-3-5-13-7-11/h3-5,7-8,10,15H,2,6,9H2,1H3. The number of aromatic nitrogens is 3. The predicted octanol–water partition coefficient (Wildman–Crippen LogP) is 2.30. The SMILES string of the molecule is CCCn1cncc1CNc1cccnc1. The minimum Gasteiger partial charge on any atom is -0.378 e. The number of nitrogens with one attached hydrogen (secondary N) is 1. The second-order valence-corrected chi connectivity index (χ2v) is 3.67. The van der Waals surface area contributed by atoms with Gasteiger partial charge in [-0.2, -0.15) is 0 Å². The molecule has 84 valence electrons. The van der Waals surface area contributed by atoms with Gasteiger partial charge in [0, 0.05) is 25.1 Å². The first-order valence-electron chi connectivity index (χ1n) is 5.53. The van der Waals surface area contributed by atoms with Crippen LogP contribution in [-0.4, -0.2) is 14.5 Å². The molecular formula is C12H16N4. The Bertz CT molecular complexity index is 422. The average molecular weight is 216 g/mol.